The summed E-state index contributed by atoms with van der Waals surface area (Å²) in [7, 11) is 2.69. The van der Waals surface area contributed by atoms with Gasteiger partial charge in [-0.2, -0.15) is 5.10 Å². The van der Waals surface area contributed by atoms with Crippen molar-refractivity contribution in [2.24, 2.45) is 0 Å². The molecule has 8 heterocycles. The lowest BCUT2D eigenvalue weighted by atomic mass is 10.1. The number of nitrogens with zero attached hydrogens (tertiary/aromatic N) is 5. The summed E-state index contributed by atoms with van der Waals surface area (Å²) in [5, 5.41) is 20.6. The summed E-state index contributed by atoms with van der Waals surface area (Å²) < 4.78 is 79.6. The molecule has 1 amide bonds. The number of rotatable bonds is 2. The zero-order valence-corrected chi connectivity index (χ0v) is 26.3. The maximum absolute atomic E-state index is 16.3. The van der Waals surface area contributed by atoms with E-state index >= 15 is 4.39 Å². The molecule has 0 aromatic carbocycles. The van der Waals surface area contributed by atoms with Gasteiger partial charge in [-0.3, -0.25) is 23.3 Å². The van der Waals surface area contributed by atoms with Crippen LogP contribution in [-0.2, 0) is 47.9 Å². The summed E-state index contributed by atoms with van der Waals surface area (Å²) in [6.07, 6.45) is -6.19. The van der Waals surface area contributed by atoms with Crippen molar-refractivity contribution in [2.75, 3.05) is 18.5 Å². The smallest absolute Gasteiger partial charge is 0.292 e. The second-order valence-corrected chi connectivity index (χ2v) is 14.7. The van der Waals surface area contributed by atoms with Crippen molar-refractivity contribution >= 4 is 63.7 Å². The van der Waals surface area contributed by atoms with Gasteiger partial charge in [-0.05, 0) is 18.1 Å². The van der Waals surface area contributed by atoms with Crippen LogP contribution in [0.5, 0.6) is 0 Å². The molecule has 4 radical (unpaired) electrons. The van der Waals surface area contributed by atoms with Gasteiger partial charge in [0.05, 0.1) is 36.9 Å². The van der Waals surface area contributed by atoms with E-state index in [9.17, 15) is 23.8 Å². The number of halogens is 1. The molecule has 0 saturated carbocycles. The summed E-state index contributed by atoms with van der Waals surface area (Å²) in [6, 6.07) is 1.63. The third kappa shape index (κ3) is 5.47. The Hall–Kier alpha value is -3.25. The van der Waals surface area contributed by atoms with E-state index in [1.807, 2.05) is 0 Å². The number of carbonyl (C=O) groups is 1. The predicted octanol–water partition coefficient (Wildman–Crippen LogP) is 0.918. The van der Waals surface area contributed by atoms with Crippen LogP contribution in [0.2, 0.25) is 0 Å². The number of alkyl halides is 1. The second-order valence-electron chi connectivity index (χ2n) is 11.6. The number of imidazole rings is 1. The summed E-state index contributed by atoms with van der Waals surface area (Å²) in [6.45, 7) is -1.35. The van der Waals surface area contributed by atoms with Crippen LogP contribution in [0, 0.1) is 0 Å². The molecule has 4 aliphatic rings. The van der Waals surface area contributed by atoms with Crippen LogP contribution in [0.15, 0.2) is 35.8 Å². The van der Waals surface area contributed by atoms with E-state index in [4.69, 9.17) is 42.7 Å². The molecule has 4 aliphatic heterocycles. The molecule has 0 spiro atoms. The molecule has 18 nitrogen and oxygen atoms in total. The number of hydrogen-bond acceptors (Lipinski definition) is 14. The van der Waals surface area contributed by atoms with E-state index in [0.29, 0.717) is 28.7 Å². The third-order valence-electron chi connectivity index (χ3n) is 8.59. The van der Waals surface area contributed by atoms with E-state index in [1.54, 1.807) is 12.3 Å². The first kappa shape index (κ1) is 32.0. The summed E-state index contributed by atoms with van der Waals surface area (Å²) in [5.74, 6) is -0.178. The maximum atomic E-state index is 16.3. The zero-order chi connectivity index (χ0) is 33.5. The molecule has 4 unspecified atom stereocenters. The second kappa shape index (κ2) is 11.7. The number of aliphatic hydroxyl groups excluding tert-OH is 1. The van der Waals surface area contributed by atoms with Crippen molar-refractivity contribution in [3.8, 4) is 0 Å². The van der Waals surface area contributed by atoms with Gasteiger partial charge in [0, 0.05) is 24.2 Å². The van der Waals surface area contributed by atoms with E-state index in [1.165, 1.54) is 27.9 Å². The number of H-pyrrole nitrogens is 1. The summed E-state index contributed by atoms with van der Waals surface area (Å²) in [5.41, 5.74) is 1.10. The predicted molar refractivity (Wildman–Crippen MR) is 162 cm³/mol. The SMILES string of the molecule is [B]P1(=O)OC[C@H]2O[C@@H](n3cnc4c(=O)[nH]ncc43)C(O)[C@H]2OP([B])(=O)OC[C@H]2O[C@@H](n3cc4c5c(ccnc53)NC(=O)CC4)[C@@H](F)C2O1. The molecular formula is C25H24B2FN7O11P2. The van der Waals surface area contributed by atoms with Crippen molar-refractivity contribution < 1.29 is 51.0 Å². The Balaban J connectivity index is 1.08. The highest BCUT2D eigenvalue weighted by atomic mass is 31.2. The highest BCUT2D eigenvalue weighted by Gasteiger charge is 2.53. The molecule has 4 aromatic heterocycles. The Kier molecular flexibility index (Phi) is 7.78. The maximum Gasteiger partial charge on any atom is 0.292 e. The Morgan fingerprint density at radius 2 is 1.69 bits per heavy atom. The number of amides is 1. The van der Waals surface area contributed by atoms with Crippen molar-refractivity contribution in [2.45, 2.75) is 62.0 Å². The van der Waals surface area contributed by atoms with Gasteiger partial charge >= 0.3 is 0 Å². The standard InChI is InChI=1S/C25H24B2FN7O11P2/c26-47(39)42-8-14-21(19(37)25(44-14)35-9-30-18-12(35)5-31-33-23(18)38)46-48(27,40)41-7-13-20(45-47)17(28)24(43-13)34-6-10-1-2-15(36)32-11-3-4-29-22(34)16(10)11/h3-6,9,13-14,17,19-21,24-25,37H,1-2,7-8H2,(H,32,36)(H,33,38)/t13-,14-,17+,19?,20?,21+,24-,25-,47?,48?/m1/s1. The van der Waals surface area contributed by atoms with Crippen LogP contribution in [0.1, 0.15) is 24.4 Å². The Bertz CT molecular complexity index is 2100. The Labute approximate surface area is 271 Å². The number of fused-ring (bicyclic) bond motifs is 3. The highest BCUT2D eigenvalue weighted by Crippen LogP contribution is 2.54. The number of aliphatic hydroxyl groups is 1. The number of anilines is 1. The molecule has 10 atom stereocenters. The minimum atomic E-state index is -4.59. The van der Waals surface area contributed by atoms with Gasteiger partial charge in [-0.15, -0.1) is 0 Å². The lowest BCUT2D eigenvalue weighted by molar-refractivity contribution is -0.116. The topological polar surface area (TPSA) is 220 Å². The molecule has 8 rings (SSSR count). The number of aromatic nitrogens is 6. The van der Waals surface area contributed by atoms with E-state index in [-0.39, 0.29) is 23.4 Å². The first-order valence-corrected chi connectivity index (χ1v) is 17.9. The molecule has 0 aliphatic carbocycles. The number of nitrogens with one attached hydrogen (secondary N) is 2. The Morgan fingerprint density at radius 1 is 0.979 bits per heavy atom. The van der Waals surface area contributed by atoms with Crippen LogP contribution in [0.25, 0.3) is 22.1 Å². The molecule has 23 heteroatoms. The van der Waals surface area contributed by atoms with Crippen molar-refractivity contribution in [1.82, 2.24) is 29.3 Å². The molecule has 4 aromatic rings. The number of ether oxygens (including phenoxy) is 2. The molecule has 48 heavy (non-hydrogen) atoms. The molecule has 3 fully saturated rings. The molecule has 248 valence electrons. The first-order valence-electron chi connectivity index (χ1n) is 14.6. The highest BCUT2D eigenvalue weighted by molar-refractivity contribution is 7.79. The number of aromatic amines is 1. The van der Waals surface area contributed by atoms with Crippen LogP contribution >= 0.6 is 14.9 Å². The van der Waals surface area contributed by atoms with Crippen LogP contribution in [0.3, 0.4) is 0 Å². The zero-order valence-electron chi connectivity index (χ0n) is 24.5. The number of hydrogen-bond donors (Lipinski definition) is 3. The van der Waals surface area contributed by atoms with Gasteiger partial charge in [0.2, 0.25) is 21.0 Å². The Morgan fingerprint density at radius 3 is 2.46 bits per heavy atom. The number of aryl methyl sites for hydroxylation is 1. The van der Waals surface area contributed by atoms with Crippen LogP contribution in [-0.4, -0.2) is 105 Å². The molecule has 3 saturated heterocycles. The lowest BCUT2D eigenvalue weighted by Gasteiger charge is -2.30. The fraction of sp³-hybridized carbons (Fsp3) is 0.480. The average Bonchev–Trinajstić information content (AvgIpc) is 3.75. The van der Waals surface area contributed by atoms with Crippen molar-refractivity contribution in [3.05, 3.63) is 46.9 Å². The van der Waals surface area contributed by atoms with Gasteiger partial charge in [0.15, 0.2) is 24.1 Å². The number of carbonyl (C=O) groups excluding carboxylic acids is 1. The first-order chi connectivity index (χ1) is 22.9. The van der Waals surface area contributed by atoms with E-state index in [0.717, 1.165) is 0 Å². The minimum Gasteiger partial charge on any atom is -0.386 e. The average molecular weight is 701 g/mol. The van der Waals surface area contributed by atoms with Crippen LogP contribution < -0.4 is 10.9 Å². The van der Waals surface area contributed by atoms with Gasteiger partial charge in [-0.1, -0.05) is 0 Å². The van der Waals surface area contributed by atoms with Gasteiger partial charge < -0.3 is 42.6 Å². The van der Waals surface area contributed by atoms with Gasteiger partial charge in [0.25, 0.3) is 20.5 Å². The van der Waals surface area contributed by atoms with Crippen molar-refractivity contribution in [3.63, 3.8) is 0 Å². The quantitative estimate of drug-likeness (QED) is 0.196. The summed E-state index contributed by atoms with van der Waals surface area (Å²) >= 11 is 0. The van der Waals surface area contributed by atoms with Crippen molar-refractivity contribution in [1.29, 1.82) is 0 Å². The monoisotopic (exact) mass is 701 g/mol. The van der Waals surface area contributed by atoms with E-state index in [2.05, 4.69) is 25.5 Å². The minimum absolute atomic E-state index is 0.00230. The van der Waals surface area contributed by atoms with E-state index < -0.39 is 82.9 Å². The third-order valence-corrected chi connectivity index (χ3v) is 10.7. The lowest BCUT2D eigenvalue weighted by Crippen LogP contribution is -2.38. The molecular weight excluding hydrogens is 677 g/mol. The van der Waals surface area contributed by atoms with Gasteiger partial charge in [0.1, 0.15) is 36.2 Å². The molecule has 3 N–H and O–H groups in total. The fourth-order valence-corrected chi connectivity index (χ4v) is 8.46. The normalized spacial score (nSPS) is 37.3. The summed E-state index contributed by atoms with van der Waals surface area (Å²) in [4.78, 5) is 32.7. The van der Waals surface area contributed by atoms with Crippen LogP contribution in [0.4, 0.5) is 10.1 Å². The largest absolute Gasteiger partial charge is 0.386 e. The number of pyridine rings is 1. The van der Waals surface area contributed by atoms with Gasteiger partial charge in [-0.25, -0.2) is 19.5 Å². The molecule has 0 bridgehead atoms. The fourth-order valence-electron chi connectivity index (χ4n) is 6.43.